The summed E-state index contributed by atoms with van der Waals surface area (Å²) in [6.07, 6.45) is 4.44. The number of urea groups is 1. The van der Waals surface area contributed by atoms with Gasteiger partial charge in [-0.2, -0.15) is 5.10 Å². The molecule has 42 heavy (non-hydrogen) atoms. The third-order valence-corrected chi connectivity index (χ3v) is 8.14. The Morgan fingerprint density at radius 3 is 2.67 bits per heavy atom. The summed E-state index contributed by atoms with van der Waals surface area (Å²) in [5.41, 5.74) is 1.65. The highest BCUT2D eigenvalue weighted by molar-refractivity contribution is 5.93. The number of alkyl halides is 4. The first-order valence-corrected chi connectivity index (χ1v) is 13.8. The lowest BCUT2D eigenvalue weighted by Gasteiger charge is -2.38. The second-order valence-corrected chi connectivity index (χ2v) is 11.3. The molecule has 0 aromatic carbocycles. The minimum absolute atomic E-state index is 0.0619. The fourth-order valence-corrected chi connectivity index (χ4v) is 5.72. The zero-order chi connectivity index (χ0) is 29.6. The Bertz CT molecular complexity index is 1470. The van der Waals surface area contributed by atoms with E-state index in [4.69, 9.17) is 9.37 Å². The number of methoxy groups -OCH3 is 1. The molecule has 3 amide bonds. The van der Waals surface area contributed by atoms with Gasteiger partial charge in [0.25, 0.3) is 11.8 Å². The molecule has 1 aliphatic heterocycles. The number of carbonyl (C=O) groups is 2. The summed E-state index contributed by atoms with van der Waals surface area (Å²) in [6, 6.07) is -0.683. The summed E-state index contributed by atoms with van der Waals surface area (Å²) < 4.78 is 67.9. The van der Waals surface area contributed by atoms with Crippen LogP contribution in [0.15, 0.2) is 23.1 Å². The quantitative estimate of drug-likeness (QED) is 0.358. The van der Waals surface area contributed by atoms with Crippen LogP contribution in [0.1, 0.15) is 84.0 Å². The Labute approximate surface area is 237 Å². The van der Waals surface area contributed by atoms with Crippen LogP contribution in [0, 0.1) is 5.92 Å². The molecule has 1 saturated heterocycles. The fourth-order valence-electron chi connectivity index (χ4n) is 5.72. The molecule has 2 atom stereocenters. The van der Waals surface area contributed by atoms with Crippen molar-refractivity contribution in [2.45, 2.75) is 68.4 Å². The van der Waals surface area contributed by atoms with E-state index in [0.717, 1.165) is 17.7 Å². The summed E-state index contributed by atoms with van der Waals surface area (Å²) >= 11 is 0. The van der Waals surface area contributed by atoms with Crippen molar-refractivity contribution in [1.29, 1.82) is 0 Å². The Morgan fingerprint density at radius 1 is 1.19 bits per heavy atom. The molecule has 0 spiro atoms. The number of carbonyl (C=O) groups excluding carboxylic acids is 2. The molecule has 16 heteroatoms. The first kappa shape index (κ1) is 28.3. The van der Waals surface area contributed by atoms with Gasteiger partial charge in [0.05, 0.1) is 49.9 Å². The van der Waals surface area contributed by atoms with Crippen molar-refractivity contribution in [2.75, 3.05) is 26.8 Å². The number of hydrogen-bond acceptors (Lipinski definition) is 8. The summed E-state index contributed by atoms with van der Waals surface area (Å²) in [6.45, 7) is -1.62. The number of rotatable bonds is 9. The molecule has 0 bridgehead atoms. The van der Waals surface area contributed by atoms with Gasteiger partial charge in [-0.15, -0.1) is 0 Å². The van der Waals surface area contributed by atoms with Crippen molar-refractivity contribution in [3.8, 4) is 0 Å². The first-order chi connectivity index (χ1) is 20.0. The van der Waals surface area contributed by atoms with E-state index in [-0.39, 0.29) is 49.8 Å². The molecule has 3 aromatic heterocycles. The van der Waals surface area contributed by atoms with Gasteiger partial charge in [0.15, 0.2) is 11.3 Å². The number of aromatic nitrogens is 5. The van der Waals surface area contributed by atoms with Crippen LogP contribution >= 0.6 is 0 Å². The molecule has 12 nitrogen and oxygen atoms in total. The minimum Gasteiger partial charge on any atom is -0.382 e. The van der Waals surface area contributed by atoms with Crippen LogP contribution in [0.5, 0.6) is 0 Å². The maximum atomic E-state index is 14.2. The Balaban J connectivity index is 1.31. The standard InChI is InChI=1S/C26H30F4N8O4/c1-41-11-18(37-13-26(29,30)12-31-24(37)40)16-8-19-33-17(10-38(19)32-9-16)20(15-4-6-25(27,28)7-5-15)34-23(39)22-21(14-2-3-14)35-42-36-22/h8-10,14-15,18,20H,2-7,11-13H2,1H3,(H,31,40)(H,34,39). The largest absolute Gasteiger partial charge is 0.382 e. The molecule has 2 saturated carbocycles. The number of halogens is 4. The molecule has 0 radical (unpaired) electrons. The molecule has 2 N–H and O–H groups in total. The molecule has 2 aliphatic carbocycles. The van der Waals surface area contributed by atoms with E-state index in [1.165, 1.54) is 17.8 Å². The highest BCUT2D eigenvalue weighted by atomic mass is 19.3. The maximum Gasteiger partial charge on any atom is 0.318 e. The Hall–Kier alpha value is -3.82. The van der Waals surface area contributed by atoms with Gasteiger partial charge in [-0.25, -0.2) is 36.5 Å². The van der Waals surface area contributed by atoms with Gasteiger partial charge in [0.2, 0.25) is 5.92 Å². The number of amides is 3. The van der Waals surface area contributed by atoms with E-state index in [2.05, 4.69) is 31.0 Å². The van der Waals surface area contributed by atoms with Gasteiger partial charge in [-0.3, -0.25) is 4.79 Å². The number of fused-ring (bicyclic) bond motifs is 1. The molecule has 3 aromatic rings. The number of nitrogens with one attached hydrogen (secondary N) is 2. The molecule has 226 valence electrons. The van der Waals surface area contributed by atoms with Crippen LogP contribution in [0.2, 0.25) is 0 Å². The van der Waals surface area contributed by atoms with Crippen molar-refractivity contribution >= 4 is 17.6 Å². The second kappa shape index (κ2) is 10.8. The summed E-state index contributed by atoms with van der Waals surface area (Å²) in [7, 11) is 1.40. The predicted octanol–water partition coefficient (Wildman–Crippen LogP) is 3.63. The fraction of sp³-hybridized carbons (Fsp3) is 0.615. The van der Waals surface area contributed by atoms with Crippen molar-refractivity contribution in [3.05, 3.63) is 41.1 Å². The normalized spacial score (nSPS) is 22.1. The zero-order valence-electron chi connectivity index (χ0n) is 22.7. The smallest absolute Gasteiger partial charge is 0.318 e. The third-order valence-electron chi connectivity index (χ3n) is 8.14. The lowest BCUT2D eigenvalue weighted by Crippen LogP contribution is -2.58. The number of hydrogen-bond donors (Lipinski definition) is 2. The molecule has 3 aliphatic rings. The van der Waals surface area contributed by atoms with Gasteiger partial charge < -0.3 is 20.3 Å². The molecule has 3 fully saturated rings. The predicted molar refractivity (Wildman–Crippen MR) is 136 cm³/mol. The van der Waals surface area contributed by atoms with Crippen molar-refractivity contribution in [2.24, 2.45) is 5.92 Å². The number of ether oxygens (including phenoxy) is 1. The Kier molecular flexibility index (Phi) is 7.27. The van der Waals surface area contributed by atoms with E-state index in [1.54, 1.807) is 12.3 Å². The third kappa shape index (κ3) is 5.76. The molecule has 6 rings (SSSR count). The molecule has 4 heterocycles. The second-order valence-electron chi connectivity index (χ2n) is 11.3. The zero-order valence-corrected chi connectivity index (χ0v) is 22.7. The summed E-state index contributed by atoms with van der Waals surface area (Å²) in [4.78, 5) is 31.5. The maximum absolute atomic E-state index is 14.2. The van der Waals surface area contributed by atoms with Crippen LogP contribution < -0.4 is 10.6 Å². The van der Waals surface area contributed by atoms with Gasteiger partial charge in [0, 0.05) is 31.4 Å². The highest BCUT2D eigenvalue weighted by Crippen LogP contribution is 2.43. The molecule has 2 unspecified atom stereocenters. The van der Waals surface area contributed by atoms with E-state index in [0.29, 0.717) is 22.6 Å². The van der Waals surface area contributed by atoms with Gasteiger partial charge >= 0.3 is 6.03 Å². The van der Waals surface area contributed by atoms with Gasteiger partial charge in [0.1, 0.15) is 5.69 Å². The summed E-state index contributed by atoms with van der Waals surface area (Å²) in [5, 5.41) is 17.2. The first-order valence-electron chi connectivity index (χ1n) is 13.8. The highest BCUT2D eigenvalue weighted by Gasteiger charge is 2.43. The van der Waals surface area contributed by atoms with Crippen LogP contribution in [-0.4, -0.2) is 80.4 Å². The molecular formula is C26H30F4N8O4. The lowest BCUT2D eigenvalue weighted by molar-refractivity contribution is -0.0510. The van der Waals surface area contributed by atoms with Crippen LogP contribution in [0.25, 0.3) is 5.65 Å². The average Bonchev–Trinajstić information content (AvgIpc) is 3.51. The Morgan fingerprint density at radius 2 is 1.95 bits per heavy atom. The summed E-state index contributed by atoms with van der Waals surface area (Å²) in [5.74, 6) is -6.68. The van der Waals surface area contributed by atoms with E-state index in [1.807, 2.05) is 0 Å². The average molecular weight is 595 g/mol. The van der Waals surface area contributed by atoms with Crippen LogP contribution in [-0.2, 0) is 4.74 Å². The van der Waals surface area contributed by atoms with E-state index >= 15 is 0 Å². The number of nitrogens with zero attached hydrogens (tertiary/aromatic N) is 6. The SMILES string of the molecule is COCC(c1cnn2cc(C(NC(=O)c3nonc3C3CC3)C3CCC(F)(F)CC3)nc2c1)N1CC(F)(F)CNC1=O. The topological polar surface area (TPSA) is 140 Å². The van der Waals surface area contributed by atoms with Crippen molar-refractivity contribution < 1.29 is 36.5 Å². The lowest BCUT2D eigenvalue weighted by atomic mass is 9.81. The molecular weight excluding hydrogens is 564 g/mol. The van der Waals surface area contributed by atoms with Crippen LogP contribution in [0.4, 0.5) is 22.4 Å². The van der Waals surface area contributed by atoms with Crippen LogP contribution in [0.3, 0.4) is 0 Å². The van der Waals surface area contributed by atoms with E-state index < -0.39 is 49.0 Å². The van der Waals surface area contributed by atoms with Crippen molar-refractivity contribution in [1.82, 2.24) is 40.4 Å². The van der Waals surface area contributed by atoms with Gasteiger partial charge in [-0.1, -0.05) is 5.16 Å². The minimum atomic E-state index is -3.13. The monoisotopic (exact) mass is 594 g/mol. The van der Waals surface area contributed by atoms with E-state index in [9.17, 15) is 27.2 Å². The number of imidazole rings is 1. The van der Waals surface area contributed by atoms with Crippen molar-refractivity contribution in [3.63, 3.8) is 0 Å². The van der Waals surface area contributed by atoms with Gasteiger partial charge in [-0.05, 0) is 42.8 Å².